The Morgan fingerprint density at radius 1 is 1.40 bits per heavy atom. The maximum Gasteiger partial charge on any atom is 0.341 e. The number of carbonyl (C=O) groups is 1. The molecule has 0 aliphatic carbocycles. The zero-order chi connectivity index (χ0) is 14.2. The minimum absolute atomic E-state index is 0.308. The van der Waals surface area contributed by atoms with Gasteiger partial charge >= 0.3 is 5.97 Å². The van der Waals surface area contributed by atoms with E-state index in [1.54, 1.807) is 6.07 Å². The molecule has 1 N–H and O–H groups in total. The summed E-state index contributed by atoms with van der Waals surface area (Å²) in [6.45, 7) is 4.34. The van der Waals surface area contributed by atoms with Crippen LogP contribution in [-0.4, -0.2) is 55.4 Å². The summed E-state index contributed by atoms with van der Waals surface area (Å²) in [5.74, 6) is -0.376. The van der Waals surface area contributed by atoms with E-state index in [-0.39, 0.29) is 6.61 Å². The molecule has 1 aromatic carbocycles. The van der Waals surface area contributed by atoms with Crippen molar-refractivity contribution >= 4 is 5.97 Å². The summed E-state index contributed by atoms with van der Waals surface area (Å²) in [5.41, 5.74) is 1.06. The third-order valence-electron chi connectivity index (χ3n) is 3.15. The van der Waals surface area contributed by atoms with Gasteiger partial charge in [-0.3, -0.25) is 4.90 Å². The van der Waals surface area contributed by atoms with Crippen LogP contribution in [0.15, 0.2) is 24.3 Å². The van der Waals surface area contributed by atoms with Gasteiger partial charge in [0.1, 0.15) is 5.75 Å². The van der Waals surface area contributed by atoms with Crippen LogP contribution >= 0.6 is 0 Å². The lowest BCUT2D eigenvalue weighted by molar-refractivity contribution is -0.139. The van der Waals surface area contributed by atoms with Gasteiger partial charge in [0, 0.05) is 13.1 Å². The number of hydrogen-bond donors (Lipinski definition) is 1. The fourth-order valence-corrected chi connectivity index (χ4v) is 2.11. The molecule has 109 valence electrons. The number of hydrogen-bond acceptors (Lipinski definition) is 4. The van der Waals surface area contributed by atoms with Crippen LogP contribution in [0.25, 0.3) is 0 Å². The molecule has 0 saturated carbocycles. The van der Waals surface area contributed by atoms with E-state index in [4.69, 9.17) is 14.6 Å². The first-order valence-corrected chi connectivity index (χ1v) is 6.82. The van der Waals surface area contributed by atoms with E-state index in [1.807, 2.05) is 18.2 Å². The average Bonchev–Trinajstić information content (AvgIpc) is 2.47. The lowest BCUT2D eigenvalue weighted by Gasteiger charge is -2.26. The van der Waals surface area contributed by atoms with E-state index in [0.29, 0.717) is 5.75 Å². The van der Waals surface area contributed by atoms with E-state index in [2.05, 4.69) is 11.3 Å². The quantitative estimate of drug-likeness (QED) is 0.817. The summed E-state index contributed by atoms with van der Waals surface area (Å²) in [7, 11) is 0. The lowest BCUT2D eigenvalue weighted by Crippen LogP contribution is -2.36. The standard InChI is InChI=1S/C15H20NO4/c17-15(18)12-20-14-5-1-3-13(11-14)4-2-6-16-7-9-19-10-8-16/h1,3-5,11H,2,6-10,12H2,(H,17,18). The Hall–Kier alpha value is -1.59. The number of carboxylic acids is 1. The van der Waals surface area contributed by atoms with E-state index in [9.17, 15) is 4.79 Å². The molecule has 5 nitrogen and oxygen atoms in total. The number of rotatable bonds is 7. The minimum atomic E-state index is -0.966. The Balaban J connectivity index is 1.74. The third kappa shape index (κ3) is 5.19. The first-order valence-electron chi connectivity index (χ1n) is 6.82. The Kier molecular flexibility index (Phi) is 5.83. The average molecular weight is 278 g/mol. The largest absolute Gasteiger partial charge is 0.482 e. The van der Waals surface area contributed by atoms with Crippen molar-refractivity contribution in [2.75, 3.05) is 39.5 Å². The van der Waals surface area contributed by atoms with Gasteiger partial charge in [-0.2, -0.15) is 0 Å². The summed E-state index contributed by atoms with van der Waals surface area (Å²) < 4.78 is 10.5. The molecule has 0 bridgehead atoms. The topological polar surface area (TPSA) is 59.0 Å². The highest BCUT2D eigenvalue weighted by molar-refractivity contribution is 5.68. The van der Waals surface area contributed by atoms with Crippen molar-refractivity contribution in [3.8, 4) is 5.75 Å². The Morgan fingerprint density at radius 2 is 2.20 bits per heavy atom. The summed E-state index contributed by atoms with van der Waals surface area (Å²) in [6.07, 6.45) is 3.10. The monoisotopic (exact) mass is 278 g/mol. The van der Waals surface area contributed by atoms with E-state index in [0.717, 1.165) is 44.8 Å². The Bertz CT molecular complexity index is 430. The second-order valence-electron chi connectivity index (χ2n) is 4.70. The van der Waals surface area contributed by atoms with Crippen molar-refractivity contribution in [2.45, 2.75) is 6.42 Å². The van der Waals surface area contributed by atoms with Gasteiger partial charge in [-0.1, -0.05) is 12.1 Å². The Labute approximate surface area is 119 Å². The van der Waals surface area contributed by atoms with Crippen molar-refractivity contribution in [3.05, 3.63) is 36.2 Å². The molecule has 1 aliphatic rings. The number of nitrogens with zero attached hydrogens (tertiary/aromatic N) is 1. The molecule has 1 aliphatic heterocycles. The van der Waals surface area contributed by atoms with Gasteiger partial charge in [0.2, 0.25) is 0 Å². The lowest BCUT2D eigenvalue weighted by atomic mass is 10.1. The number of benzene rings is 1. The van der Waals surface area contributed by atoms with E-state index >= 15 is 0 Å². The third-order valence-corrected chi connectivity index (χ3v) is 3.15. The molecule has 0 spiro atoms. The van der Waals surface area contributed by atoms with Gasteiger partial charge in [0.25, 0.3) is 0 Å². The van der Waals surface area contributed by atoms with Gasteiger partial charge in [0.15, 0.2) is 6.61 Å². The van der Waals surface area contributed by atoms with Crippen molar-refractivity contribution in [1.82, 2.24) is 4.90 Å². The van der Waals surface area contributed by atoms with Crippen molar-refractivity contribution in [3.63, 3.8) is 0 Å². The molecule has 1 heterocycles. The second-order valence-corrected chi connectivity index (χ2v) is 4.70. The second kappa shape index (κ2) is 7.87. The predicted octanol–water partition coefficient (Wildman–Crippen LogP) is 1.42. The first kappa shape index (κ1) is 14.8. The van der Waals surface area contributed by atoms with E-state index < -0.39 is 5.97 Å². The van der Waals surface area contributed by atoms with Crippen molar-refractivity contribution in [2.24, 2.45) is 0 Å². The molecule has 5 heteroatoms. The molecule has 0 unspecified atom stereocenters. The van der Waals surface area contributed by atoms with Crippen LogP contribution in [0.5, 0.6) is 5.75 Å². The summed E-state index contributed by atoms with van der Waals surface area (Å²) in [5, 5.41) is 8.58. The highest BCUT2D eigenvalue weighted by Crippen LogP contribution is 2.16. The van der Waals surface area contributed by atoms with Crippen molar-refractivity contribution in [1.29, 1.82) is 0 Å². The van der Waals surface area contributed by atoms with Gasteiger partial charge in [-0.05, 0) is 37.1 Å². The highest BCUT2D eigenvalue weighted by atomic mass is 16.5. The summed E-state index contributed by atoms with van der Waals surface area (Å²) >= 11 is 0. The van der Waals surface area contributed by atoms with Crippen LogP contribution in [-0.2, 0) is 9.53 Å². The van der Waals surface area contributed by atoms with Crippen LogP contribution < -0.4 is 4.74 Å². The molecule has 1 radical (unpaired) electrons. The van der Waals surface area contributed by atoms with Crippen LogP contribution in [0.1, 0.15) is 12.0 Å². The fraction of sp³-hybridized carbons (Fsp3) is 0.467. The zero-order valence-corrected chi connectivity index (χ0v) is 11.5. The van der Waals surface area contributed by atoms with Crippen molar-refractivity contribution < 1.29 is 19.4 Å². The van der Waals surface area contributed by atoms with Crippen LogP contribution in [0.2, 0.25) is 0 Å². The molecule has 1 fully saturated rings. The smallest absolute Gasteiger partial charge is 0.341 e. The molecular formula is C15H20NO4. The number of carboxylic acid groups (broad SMARTS) is 1. The summed E-state index contributed by atoms with van der Waals surface area (Å²) in [6, 6.07) is 7.50. The maximum atomic E-state index is 10.5. The molecule has 0 amide bonds. The molecule has 1 aromatic rings. The van der Waals surface area contributed by atoms with Gasteiger partial charge in [-0.15, -0.1) is 0 Å². The molecular weight excluding hydrogens is 258 g/mol. The molecule has 2 rings (SSSR count). The number of morpholine rings is 1. The van der Waals surface area contributed by atoms with Crippen LogP contribution in [0.3, 0.4) is 0 Å². The summed E-state index contributed by atoms with van der Waals surface area (Å²) in [4.78, 5) is 12.8. The van der Waals surface area contributed by atoms with Gasteiger partial charge in [0.05, 0.1) is 13.2 Å². The first-order chi connectivity index (χ1) is 9.74. The maximum absolute atomic E-state index is 10.5. The van der Waals surface area contributed by atoms with E-state index in [1.165, 1.54) is 0 Å². The predicted molar refractivity (Wildman–Crippen MR) is 74.9 cm³/mol. The SMILES string of the molecule is O=C(O)COc1cccc([CH]CCN2CCOCC2)c1. The van der Waals surface area contributed by atoms with Crippen LogP contribution in [0, 0.1) is 6.42 Å². The van der Waals surface area contributed by atoms with Crippen LogP contribution in [0.4, 0.5) is 0 Å². The molecule has 1 saturated heterocycles. The minimum Gasteiger partial charge on any atom is -0.482 e. The number of aliphatic carboxylic acids is 1. The number of ether oxygens (including phenoxy) is 2. The zero-order valence-electron chi connectivity index (χ0n) is 11.5. The molecule has 0 aromatic heterocycles. The highest BCUT2D eigenvalue weighted by Gasteiger charge is 2.09. The molecule has 20 heavy (non-hydrogen) atoms. The Morgan fingerprint density at radius 3 is 2.95 bits per heavy atom. The molecule has 0 atom stereocenters. The van der Waals surface area contributed by atoms with Gasteiger partial charge < -0.3 is 14.6 Å². The fourth-order valence-electron chi connectivity index (χ4n) is 2.11. The van der Waals surface area contributed by atoms with Gasteiger partial charge in [-0.25, -0.2) is 4.79 Å². The normalized spacial score (nSPS) is 16.0.